The van der Waals surface area contributed by atoms with Crippen LogP contribution in [0.1, 0.15) is 22.0 Å². The molecular formula is C17H16FNO2. The highest BCUT2D eigenvalue weighted by Crippen LogP contribution is 2.23. The second-order valence-electron chi connectivity index (χ2n) is 5.03. The molecule has 0 radical (unpaired) electrons. The number of rotatable bonds is 2. The van der Waals surface area contributed by atoms with Crippen LogP contribution in [0, 0.1) is 5.82 Å². The van der Waals surface area contributed by atoms with E-state index < -0.39 is 0 Å². The summed E-state index contributed by atoms with van der Waals surface area (Å²) >= 11 is 0. The molecule has 2 aromatic rings. The second kappa shape index (κ2) is 6.06. The molecule has 0 aliphatic carbocycles. The average Bonchev–Trinajstić information content (AvgIpc) is 2.56. The Morgan fingerprint density at radius 1 is 1.10 bits per heavy atom. The summed E-state index contributed by atoms with van der Waals surface area (Å²) in [5, 5.41) is 0. The highest BCUT2D eigenvalue weighted by molar-refractivity contribution is 5.94. The number of amides is 1. The smallest absolute Gasteiger partial charge is 0.254 e. The van der Waals surface area contributed by atoms with Crippen LogP contribution in [0.2, 0.25) is 0 Å². The number of carbonyl (C=O) groups excluding carboxylic acids is 1. The van der Waals surface area contributed by atoms with Crippen molar-refractivity contribution >= 4 is 5.91 Å². The minimum atomic E-state index is -0.337. The van der Waals surface area contributed by atoms with Gasteiger partial charge in [0.05, 0.1) is 13.2 Å². The fraction of sp³-hybridized carbons (Fsp3) is 0.235. The van der Waals surface area contributed by atoms with Gasteiger partial charge in [-0.1, -0.05) is 30.3 Å². The number of hydrogen-bond donors (Lipinski definition) is 0. The van der Waals surface area contributed by atoms with Gasteiger partial charge in [-0.2, -0.15) is 0 Å². The fourth-order valence-electron chi connectivity index (χ4n) is 2.48. The maximum Gasteiger partial charge on any atom is 0.254 e. The lowest BCUT2D eigenvalue weighted by Crippen LogP contribution is -2.42. The summed E-state index contributed by atoms with van der Waals surface area (Å²) in [7, 11) is 0. The van der Waals surface area contributed by atoms with Crippen molar-refractivity contribution < 1.29 is 13.9 Å². The van der Waals surface area contributed by atoms with Gasteiger partial charge in [-0.3, -0.25) is 4.79 Å². The van der Waals surface area contributed by atoms with Gasteiger partial charge < -0.3 is 9.64 Å². The maximum absolute atomic E-state index is 12.9. The molecule has 1 unspecified atom stereocenters. The summed E-state index contributed by atoms with van der Waals surface area (Å²) in [6, 6.07) is 15.5. The van der Waals surface area contributed by atoms with Crippen molar-refractivity contribution in [3.05, 3.63) is 71.5 Å². The highest BCUT2D eigenvalue weighted by atomic mass is 19.1. The van der Waals surface area contributed by atoms with Crippen molar-refractivity contribution in [3.63, 3.8) is 0 Å². The molecule has 0 bridgehead atoms. The quantitative estimate of drug-likeness (QED) is 0.849. The summed E-state index contributed by atoms with van der Waals surface area (Å²) in [4.78, 5) is 14.2. The summed E-state index contributed by atoms with van der Waals surface area (Å²) in [6.07, 6.45) is -0.107. The van der Waals surface area contributed by atoms with Crippen LogP contribution >= 0.6 is 0 Å². The van der Waals surface area contributed by atoms with E-state index in [4.69, 9.17) is 4.74 Å². The minimum absolute atomic E-state index is 0.0840. The number of hydrogen-bond acceptors (Lipinski definition) is 2. The van der Waals surface area contributed by atoms with Crippen LogP contribution in [0.25, 0.3) is 0 Å². The van der Waals surface area contributed by atoms with Gasteiger partial charge in [0.25, 0.3) is 5.91 Å². The first kappa shape index (κ1) is 13.8. The van der Waals surface area contributed by atoms with Gasteiger partial charge in [0.2, 0.25) is 0 Å². The Balaban J connectivity index is 1.74. The fourth-order valence-corrected chi connectivity index (χ4v) is 2.48. The van der Waals surface area contributed by atoms with Crippen molar-refractivity contribution in [1.29, 1.82) is 0 Å². The first-order chi connectivity index (χ1) is 10.2. The molecule has 1 saturated heterocycles. The predicted molar refractivity (Wildman–Crippen MR) is 77.4 cm³/mol. The lowest BCUT2D eigenvalue weighted by molar-refractivity contribution is -0.0228. The Labute approximate surface area is 123 Å². The van der Waals surface area contributed by atoms with Gasteiger partial charge >= 0.3 is 0 Å². The molecule has 108 valence electrons. The Morgan fingerprint density at radius 3 is 2.52 bits per heavy atom. The largest absolute Gasteiger partial charge is 0.370 e. The van der Waals surface area contributed by atoms with Crippen molar-refractivity contribution in [2.45, 2.75) is 6.10 Å². The molecule has 3 nitrogen and oxygen atoms in total. The number of benzene rings is 2. The molecule has 0 spiro atoms. The highest BCUT2D eigenvalue weighted by Gasteiger charge is 2.25. The Bertz CT molecular complexity index is 612. The van der Waals surface area contributed by atoms with Crippen LogP contribution in [0.3, 0.4) is 0 Å². The van der Waals surface area contributed by atoms with Gasteiger partial charge in [0.1, 0.15) is 11.9 Å². The zero-order valence-corrected chi connectivity index (χ0v) is 11.5. The lowest BCUT2D eigenvalue weighted by Gasteiger charge is -2.33. The molecular weight excluding hydrogens is 269 g/mol. The van der Waals surface area contributed by atoms with Gasteiger partial charge in [-0.25, -0.2) is 4.39 Å². The van der Waals surface area contributed by atoms with Crippen LogP contribution < -0.4 is 0 Å². The van der Waals surface area contributed by atoms with Gasteiger partial charge in [-0.05, 0) is 29.8 Å². The molecule has 0 N–H and O–H groups in total. The molecule has 21 heavy (non-hydrogen) atoms. The van der Waals surface area contributed by atoms with E-state index >= 15 is 0 Å². The summed E-state index contributed by atoms with van der Waals surface area (Å²) in [6.45, 7) is 1.58. The number of nitrogens with zero attached hydrogens (tertiary/aromatic N) is 1. The molecule has 1 atom stereocenters. The third-order valence-corrected chi connectivity index (χ3v) is 3.62. The Hall–Kier alpha value is -2.20. The van der Waals surface area contributed by atoms with Gasteiger partial charge in [0, 0.05) is 12.1 Å². The van der Waals surface area contributed by atoms with Crippen LogP contribution in [0.4, 0.5) is 4.39 Å². The molecule has 3 rings (SSSR count). The maximum atomic E-state index is 12.9. The van der Waals surface area contributed by atoms with E-state index in [1.807, 2.05) is 30.3 Å². The molecule has 0 saturated carbocycles. The van der Waals surface area contributed by atoms with E-state index in [0.29, 0.717) is 25.3 Å². The number of carbonyl (C=O) groups is 1. The standard InChI is InChI=1S/C17H16FNO2/c18-15-8-6-14(7-9-15)17(20)19-10-11-21-16(12-19)13-4-2-1-3-5-13/h1-9,16H,10-12H2. The topological polar surface area (TPSA) is 29.5 Å². The van der Waals surface area contributed by atoms with E-state index in [1.165, 1.54) is 24.3 Å². The minimum Gasteiger partial charge on any atom is -0.370 e. The third-order valence-electron chi connectivity index (χ3n) is 3.62. The summed E-state index contributed by atoms with van der Waals surface area (Å²) in [5.41, 5.74) is 1.57. The normalized spacial score (nSPS) is 18.5. The second-order valence-corrected chi connectivity index (χ2v) is 5.03. The molecule has 4 heteroatoms. The molecule has 2 aromatic carbocycles. The number of halogens is 1. The number of ether oxygens (including phenoxy) is 1. The van der Waals surface area contributed by atoms with Crippen LogP contribution in [0.15, 0.2) is 54.6 Å². The molecule has 1 heterocycles. The van der Waals surface area contributed by atoms with Crippen molar-refractivity contribution in [2.75, 3.05) is 19.7 Å². The third kappa shape index (κ3) is 3.11. The van der Waals surface area contributed by atoms with E-state index in [2.05, 4.69) is 0 Å². The molecule has 1 amide bonds. The van der Waals surface area contributed by atoms with Crippen LogP contribution in [0.5, 0.6) is 0 Å². The van der Waals surface area contributed by atoms with Gasteiger partial charge in [0.15, 0.2) is 0 Å². The molecule has 1 fully saturated rings. The first-order valence-electron chi connectivity index (χ1n) is 6.95. The molecule has 1 aliphatic rings. The molecule has 1 aliphatic heterocycles. The zero-order valence-electron chi connectivity index (χ0n) is 11.5. The monoisotopic (exact) mass is 285 g/mol. The van der Waals surface area contributed by atoms with Crippen molar-refractivity contribution in [1.82, 2.24) is 4.90 Å². The van der Waals surface area contributed by atoms with E-state index in [0.717, 1.165) is 5.56 Å². The summed E-state index contributed by atoms with van der Waals surface area (Å²) in [5.74, 6) is -0.421. The number of morpholine rings is 1. The van der Waals surface area contributed by atoms with Gasteiger partial charge in [-0.15, -0.1) is 0 Å². The lowest BCUT2D eigenvalue weighted by atomic mass is 10.1. The molecule has 0 aromatic heterocycles. The Kier molecular flexibility index (Phi) is 3.97. The van der Waals surface area contributed by atoms with Crippen LogP contribution in [-0.2, 0) is 4.74 Å². The SMILES string of the molecule is O=C(c1ccc(F)cc1)N1CCOC(c2ccccc2)C1. The van der Waals surface area contributed by atoms with E-state index in [-0.39, 0.29) is 17.8 Å². The first-order valence-corrected chi connectivity index (χ1v) is 6.95. The Morgan fingerprint density at radius 2 is 1.81 bits per heavy atom. The van der Waals surface area contributed by atoms with Crippen LogP contribution in [-0.4, -0.2) is 30.5 Å². The van der Waals surface area contributed by atoms with E-state index in [1.54, 1.807) is 4.90 Å². The van der Waals surface area contributed by atoms with E-state index in [9.17, 15) is 9.18 Å². The van der Waals surface area contributed by atoms with Crippen molar-refractivity contribution in [3.8, 4) is 0 Å². The zero-order chi connectivity index (χ0) is 14.7. The summed E-state index contributed by atoms with van der Waals surface area (Å²) < 4.78 is 18.7. The average molecular weight is 285 g/mol. The predicted octanol–water partition coefficient (Wildman–Crippen LogP) is 3.04. The van der Waals surface area contributed by atoms with Crippen molar-refractivity contribution in [2.24, 2.45) is 0 Å².